The van der Waals surface area contributed by atoms with Crippen LogP contribution in [0, 0.1) is 19.7 Å². The topological polar surface area (TPSA) is 115 Å². The molecule has 9 nitrogen and oxygen atoms in total. The van der Waals surface area contributed by atoms with Crippen molar-refractivity contribution in [3.8, 4) is 5.75 Å². The van der Waals surface area contributed by atoms with Crippen molar-refractivity contribution in [2.75, 3.05) is 24.9 Å². The second-order valence-corrected chi connectivity index (χ2v) is 6.44. The molecular weight excluding hydrogens is 405 g/mol. The van der Waals surface area contributed by atoms with E-state index in [1.165, 1.54) is 38.6 Å². The standard InChI is InChI=1S/C21H20FN5O4/c1-11-8-18(25-12(2)24-11)27-17-9-15(13(10-23-17)21(29)31-4)26-20(28)19-14(22)6-5-7-16(19)30-3/h5-10H,1-4H3,(H2,23,24,25,26,27,28). The molecule has 0 radical (unpaired) electrons. The van der Waals surface area contributed by atoms with Gasteiger partial charge in [-0.05, 0) is 26.0 Å². The highest BCUT2D eigenvalue weighted by molar-refractivity contribution is 6.09. The quantitative estimate of drug-likeness (QED) is 0.577. The Labute approximate surface area is 177 Å². The predicted octanol–water partition coefficient (Wildman–Crippen LogP) is 3.42. The molecule has 2 heterocycles. The predicted molar refractivity (Wildman–Crippen MR) is 111 cm³/mol. The van der Waals surface area contributed by atoms with Gasteiger partial charge in [0.05, 0.1) is 19.9 Å². The minimum atomic E-state index is -0.800. The summed E-state index contributed by atoms with van der Waals surface area (Å²) < 4.78 is 24.1. The number of rotatable bonds is 6. The summed E-state index contributed by atoms with van der Waals surface area (Å²) in [5.41, 5.74) is 0.518. The molecule has 0 aliphatic rings. The van der Waals surface area contributed by atoms with Crippen LogP contribution in [0.2, 0.25) is 0 Å². The van der Waals surface area contributed by atoms with E-state index in [9.17, 15) is 14.0 Å². The Kier molecular flexibility index (Phi) is 6.39. The minimum absolute atomic E-state index is 0.00763. The number of hydrogen-bond acceptors (Lipinski definition) is 8. The van der Waals surface area contributed by atoms with Gasteiger partial charge in [0.2, 0.25) is 0 Å². The largest absolute Gasteiger partial charge is 0.496 e. The fourth-order valence-electron chi connectivity index (χ4n) is 2.89. The first-order valence-corrected chi connectivity index (χ1v) is 9.14. The molecule has 31 heavy (non-hydrogen) atoms. The lowest BCUT2D eigenvalue weighted by Gasteiger charge is -2.14. The monoisotopic (exact) mass is 425 g/mol. The Morgan fingerprint density at radius 2 is 1.84 bits per heavy atom. The Morgan fingerprint density at radius 3 is 2.52 bits per heavy atom. The number of methoxy groups -OCH3 is 2. The van der Waals surface area contributed by atoms with Crippen LogP contribution in [0.25, 0.3) is 0 Å². The summed E-state index contributed by atoms with van der Waals surface area (Å²) in [6.45, 7) is 3.57. The van der Waals surface area contributed by atoms with Gasteiger partial charge in [0, 0.05) is 24.0 Å². The maximum atomic E-state index is 14.3. The molecule has 0 unspecified atom stereocenters. The van der Waals surface area contributed by atoms with Gasteiger partial charge in [0.1, 0.15) is 40.2 Å². The average molecular weight is 425 g/mol. The van der Waals surface area contributed by atoms with E-state index in [-0.39, 0.29) is 22.6 Å². The summed E-state index contributed by atoms with van der Waals surface area (Å²) in [6, 6.07) is 7.15. The van der Waals surface area contributed by atoms with Gasteiger partial charge in [-0.25, -0.2) is 24.1 Å². The molecule has 10 heteroatoms. The summed E-state index contributed by atoms with van der Waals surface area (Å²) in [5.74, 6) is -0.895. The zero-order chi connectivity index (χ0) is 22.5. The summed E-state index contributed by atoms with van der Waals surface area (Å²) in [6.07, 6.45) is 1.24. The maximum Gasteiger partial charge on any atom is 0.341 e. The number of aryl methyl sites for hydroxylation is 2. The van der Waals surface area contributed by atoms with Crippen molar-refractivity contribution in [3.63, 3.8) is 0 Å². The van der Waals surface area contributed by atoms with E-state index < -0.39 is 17.7 Å². The molecule has 0 saturated carbocycles. The zero-order valence-electron chi connectivity index (χ0n) is 17.3. The number of benzene rings is 1. The molecule has 2 aromatic heterocycles. The van der Waals surface area contributed by atoms with E-state index in [1.807, 2.05) is 6.92 Å². The number of hydrogen-bond donors (Lipinski definition) is 2. The van der Waals surface area contributed by atoms with Crippen molar-refractivity contribution in [2.45, 2.75) is 13.8 Å². The molecule has 2 N–H and O–H groups in total. The van der Waals surface area contributed by atoms with Gasteiger partial charge in [-0.15, -0.1) is 0 Å². The summed E-state index contributed by atoms with van der Waals surface area (Å²) in [5, 5.41) is 5.53. The number of carbonyl (C=O) groups is 2. The van der Waals surface area contributed by atoms with Crippen molar-refractivity contribution >= 4 is 29.2 Å². The molecule has 0 aliphatic heterocycles. The van der Waals surface area contributed by atoms with Gasteiger partial charge in [0.25, 0.3) is 5.91 Å². The van der Waals surface area contributed by atoms with Crippen molar-refractivity contribution in [3.05, 3.63) is 65.0 Å². The van der Waals surface area contributed by atoms with Crippen LogP contribution in [0.1, 0.15) is 32.2 Å². The van der Waals surface area contributed by atoms with Gasteiger partial charge in [-0.2, -0.15) is 0 Å². The number of anilines is 3. The number of aromatic nitrogens is 3. The molecule has 0 atom stereocenters. The van der Waals surface area contributed by atoms with Gasteiger partial charge >= 0.3 is 5.97 Å². The van der Waals surface area contributed by atoms with Crippen LogP contribution in [-0.2, 0) is 4.74 Å². The van der Waals surface area contributed by atoms with Crippen molar-refractivity contribution in [2.24, 2.45) is 0 Å². The first-order chi connectivity index (χ1) is 14.8. The van der Waals surface area contributed by atoms with Gasteiger partial charge in [0.15, 0.2) is 0 Å². The Balaban J connectivity index is 1.98. The fraction of sp³-hybridized carbons (Fsp3) is 0.190. The number of nitrogens with zero attached hydrogens (tertiary/aromatic N) is 3. The molecule has 0 aliphatic carbocycles. The maximum absolute atomic E-state index is 14.3. The molecule has 3 aromatic rings. The Hall–Kier alpha value is -4.08. The highest BCUT2D eigenvalue weighted by Gasteiger charge is 2.21. The molecular formula is C21H20FN5O4. The third-order valence-corrected chi connectivity index (χ3v) is 4.20. The molecule has 160 valence electrons. The molecule has 0 bridgehead atoms. The minimum Gasteiger partial charge on any atom is -0.496 e. The third kappa shape index (κ3) is 4.92. The van der Waals surface area contributed by atoms with Crippen LogP contribution >= 0.6 is 0 Å². The van der Waals surface area contributed by atoms with Crippen LogP contribution in [-0.4, -0.2) is 41.0 Å². The summed E-state index contributed by atoms with van der Waals surface area (Å²) in [7, 11) is 2.53. The molecule has 0 saturated heterocycles. The number of amides is 1. The van der Waals surface area contributed by atoms with Crippen LogP contribution in [0.3, 0.4) is 0 Å². The van der Waals surface area contributed by atoms with E-state index in [4.69, 9.17) is 9.47 Å². The fourth-order valence-corrected chi connectivity index (χ4v) is 2.89. The smallest absolute Gasteiger partial charge is 0.341 e. The number of halogens is 1. The van der Waals surface area contributed by atoms with Crippen molar-refractivity contribution in [1.29, 1.82) is 0 Å². The van der Waals surface area contributed by atoms with E-state index in [0.29, 0.717) is 17.5 Å². The van der Waals surface area contributed by atoms with Crippen LogP contribution < -0.4 is 15.4 Å². The molecule has 3 rings (SSSR count). The highest BCUT2D eigenvalue weighted by Crippen LogP contribution is 2.26. The number of nitrogens with one attached hydrogen (secondary N) is 2. The van der Waals surface area contributed by atoms with Gasteiger partial charge in [-0.3, -0.25) is 4.79 Å². The SMILES string of the molecule is COC(=O)c1cnc(Nc2cc(C)nc(C)n2)cc1NC(=O)c1c(F)cccc1OC. The molecule has 1 aromatic carbocycles. The molecule has 0 fully saturated rings. The lowest BCUT2D eigenvalue weighted by atomic mass is 10.1. The second-order valence-electron chi connectivity index (χ2n) is 6.44. The van der Waals surface area contributed by atoms with Crippen LogP contribution in [0.15, 0.2) is 36.5 Å². The van der Waals surface area contributed by atoms with Gasteiger partial charge < -0.3 is 20.1 Å². The first kappa shape index (κ1) is 21.6. The number of esters is 1. The first-order valence-electron chi connectivity index (χ1n) is 9.14. The normalized spacial score (nSPS) is 10.4. The number of pyridine rings is 1. The van der Waals surface area contributed by atoms with E-state index in [2.05, 4.69) is 25.6 Å². The van der Waals surface area contributed by atoms with Gasteiger partial charge in [-0.1, -0.05) is 6.07 Å². The summed E-state index contributed by atoms with van der Waals surface area (Å²) >= 11 is 0. The third-order valence-electron chi connectivity index (χ3n) is 4.20. The average Bonchev–Trinajstić information content (AvgIpc) is 2.72. The zero-order valence-corrected chi connectivity index (χ0v) is 17.3. The number of ether oxygens (including phenoxy) is 2. The molecule has 0 spiro atoms. The highest BCUT2D eigenvalue weighted by atomic mass is 19.1. The van der Waals surface area contributed by atoms with E-state index in [1.54, 1.807) is 13.0 Å². The molecule has 1 amide bonds. The number of carbonyl (C=O) groups excluding carboxylic acids is 2. The summed E-state index contributed by atoms with van der Waals surface area (Å²) in [4.78, 5) is 37.6. The van der Waals surface area contributed by atoms with E-state index in [0.717, 1.165) is 11.8 Å². The lowest BCUT2D eigenvalue weighted by Crippen LogP contribution is -2.18. The Morgan fingerprint density at radius 1 is 1.06 bits per heavy atom. The van der Waals surface area contributed by atoms with Crippen LogP contribution in [0.4, 0.5) is 21.7 Å². The van der Waals surface area contributed by atoms with E-state index >= 15 is 0 Å². The van der Waals surface area contributed by atoms with Crippen molar-refractivity contribution in [1.82, 2.24) is 15.0 Å². The lowest BCUT2D eigenvalue weighted by molar-refractivity contribution is 0.0601. The Bertz CT molecular complexity index is 1130. The van der Waals surface area contributed by atoms with Crippen molar-refractivity contribution < 1.29 is 23.5 Å². The second kappa shape index (κ2) is 9.16. The van der Waals surface area contributed by atoms with Crippen LogP contribution in [0.5, 0.6) is 5.75 Å².